The molecule has 88 valence electrons. The minimum Gasteiger partial charge on any atom is -0.409 e. The summed E-state index contributed by atoms with van der Waals surface area (Å²) in [6, 6.07) is 0.496. The summed E-state index contributed by atoms with van der Waals surface area (Å²) >= 11 is 0. The van der Waals surface area contributed by atoms with Gasteiger partial charge in [-0.25, -0.2) is 0 Å². The summed E-state index contributed by atoms with van der Waals surface area (Å²) in [4.78, 5) is 2.33. The predicted octanol–water partition coefficient (Wildman–Crippen LogP) is 0.624. The number of likely N-dealkylation sites (N-methyl/N-ethyl adjacent to an activating group) is 1. The van der Waals surface area contributed by atoms with Crippen LogP contribution in [0.3, 0.4) is 0 Å². The van der Waals surface area contributed by atoms with Gasteiger partial charge in [0.1, 0.15) is 5.84 Å². The zero-order valence-corrected chi connectivity index (χ0v) is 9.35. The number of hydrogen-bond donors (Lipinski definition) is 2. The summed E-state index contributed by atoms with van der Waals surface area (Å²) < 4.78 is 5.45. The molecule has 1 aliphatic rings. The lowest BCUT2D eigenvalue weighted by Crippen LogP contribution is -2.42. The molecule has 0 aromatic heterocycles. The molecule has 0 bridgehead atoms. The third-order valence-electron chi connectivity index (χ3n) is 2.84. The first-order valence-electron chi connectivity index (χ1n) is 5.56. The molecule has 0 aliphatic carbocycles. The molecule has 0 radical (unpaired) electrons. The Bertz CT molecular complexity index is 203. The molecule has 1 aliphatic heterocycles. The van der Waals surface area contributed by atoms with Crippen molar-refractivity contribution in [3.05, 3.63) is 0 Å². The minimum absolute atomic E-state index is 0.296. The number of oxime groups is 1. The van der Waals surface area contributed by atoms with Crippen LogP contribution in [0, 0.1) is 0 Å². The molecular weight excluding hydrogens is 194 g/mol. The van der Waals surface area contributed by atoms with Crippen LogP contribution in [0.5, 0.6) is 0 Å². The fraction of sp³-hybridized carbons (Fsp3) is 0.900. The highest BCUT2D eigenvalue weighted by atomic mass is 16.5. The molecule has 0 aromatic rings. The Kier molecular flexibility index (Phi) is 5.42. The molecule has 0 amide bonds. The van der Waals surface area contributed by atoms with Gasteiger partial charge in [0.25, 0.3) is 0 Å². The van der Waals surface area contributed by atoms with Crippen molar-refractivity contribution in [2.75, 3.05) is 26.3 Å². The van der Waals surface area contributed by atoms with Crippen LogP contribution in [0.25, 0.3) is 0 Å². The lowest BCUT2D eigenvalue weighted by molar-refractivity contribution is 0.0207. The Morgan fingerprint density at radius 1 is 1.67 bits per heavy atom. The Hall–Kier alpha value is -0.810. The van der Waals surface area contributed by atoms with E-state index in [0.717, 1.165) is 32.7 Å². The zero-order valence-electron chi connectivity index (χ0n) is 9.35. The van der Waals surface area contributed by atoms with E-state index in [0.29, 0.717) is 18.3 Å². The molecule has 0 saturated carbocycles. The van der Waals surface area contributed by atoms with Crippen molar-refractivity contribution in [1.29, 1.82) is 0 Å². The van der Waals surface area contributed by atoms with E-state index in [1.165, 1.54) is 6.42 Å². The molecule has 1 unspecified atom stereocenters. The van der Waals surface area contributed by atoms with Crippen LogP contribution in [0.15, 0.2) is 5.16 Å². The SMILES string of the molecule is CCN(CCC(N)=NO)C1CCCOC1. The summed E-state index contributed by atoms with van der Waals surface area (Å²) in [6.07, 6.45) is 2.93. The normalized spacial score (nSPS) is 23.3. The van der Waals surface area contributed by atoms with Crippen LogP contribution >= 0.6 is 0 Å². The quantitative estimate of drug-likeness (QED) is 0.305. The number of rotatable bonds is 5. The van der Waals surface area contributed by atoms with Crippen LogP contribution in [-0.4, -0.2) is 48.3 Å². The smallest absolute Gasteiger partial charge is 0.140 e. The molecular formula is C10H21N3O2. The first kappa shape index (κ1) is 12.3. The van der Waals surface area contributed by atoms with E-state index in [9.17, 15) is 0 Å². The van der Waals surface area contributed by atoms with E-state index in [4.69, 9.17) is 15.7 Å². The third kappa shape index (κ3) is 4.05. The van der Waals surface area contributed by atoms with Crippen molar-refractivity contribution in [1.82, 2.24) is 4.90 Å². The van der Waals surface area contributed by atoms with Gasteiger partial charge in [0.2, 0.25) is 0 Å². The average molecular weight is 215 g/mol. The maximum absolute atomic E-state index is 8.45. The molecule has 5 nitrogen and oxygen atoms in total. The van der Waals surface area contributed by atoms with Gasteiger partial charge >= 0.3 is 0 Å². The van der Waals surface area contributed by atoms with Gasteiger partial charge in [-0.05, 0) is 19.4 Å². The third-order valence-corrected chi connectivity index (χ3v) is 2.84. The highest BCUT2D eigenvalue weighted by Crippen LogP contribution is 2.13. The van der Waals surface area contributed by atoms with Crippen molar-refractivity contribution in [2.24, 2.45) is 10.9 Å². The van der Waals surface area contributed by atoms with Gasteiger partial charge in [0.05, 0.1) is 6.61 Å². The van der Waals surface area contributed by atoms with E-state index < -0.39 is 0 Å². The van der Waals surface area contributed by atoms with E-state index in [2.05, 4.69) is 17.0 Å². The lowest BCUT2D eigenvalue weighted by atomic mass is 10.1. The van der Waals surface area contributed by atoms with Crippen molar-refractivity contribution in [2.45, 2.75) is 32.2 Å². The molecule has 1 rings (SSSR count). The first-order chi connectivity index (χ1) is 7.27. The van der Waals surface area contributed by atoms with Crippen molar-refractivity contribution >= 4 is 5.84 Å². The average Bonchev–Trinajstić information content (AvgIpc) is 2.31. The van der Waals surface area contributed by atoms with Gasteiger partial charge in [0, 0.05) is 25.6 Å². The second-order valence-electron chi connectivity index (χ2n) is 3.84. The standard InChI is InChI=1S/C10H21N3O2/c1-2-13(6-5-10(11)12-14)9-4-3-7-15-8-9/h9,14H,2-8H2,1H3,(H2,11,12). The Balaban J connectivity index is 2.33. The zero-order chi connectivity index (χ0) is 11.1. The van der Waals surface area contributed by atoms with Gasteiger partial charge in [-0.15, -0.1) is 0 Å². The largest absolute Gasteiger partial charge is 0.409 e. The first-order valence-corrected chi connectivity index (χ1v) is 5.56. The second-order valence-corrected chi connectivity index (χ2v) is 3.84. The number of nitrogens with two attached hydrogens (primary N) is 1. The van der Waals surface area contributed by atoms with Crippen LogP contribution in [0.4, 0.5) is 0 Å². The molecule has 0 spiro atoms. The fourth-order valence-corrected chi connectivity index (χ4v) is 1.92. The van der Waals surface area contributed by atoms with Crippen molar-refractivity contribution < 1.29 is 9.94 Å². The predicted molar refractivity (Wildman–Crippen MR) is 59.1 cm³/mol. The molecule has 1 heterocycles. The molecule has 3 N–H and O–H groups in total. The van der Waals surface area contributed by atoms with Crippen LogP contribution in [-0.2, 0) is 4.74 Å². The fourth-order valence-electron chi connectivity index (χ4n) is 1.92. The van der Waals surface area contributed by atoms with Gasteiger partial charge in [-0.3, -0.25) is 4.90 Å². The number of ether oxygens (including phenoxy) is 1. The van der Waals surface area contributed by atoms with Gasteiger partial charge in [-0.1, -0.05) is 12.1 Å². The van der Waals surface area contributed by atoms with Crippen LogP contribution < -0.4 is 5.73 Å². The molecule has 0 aromatic carbocycles. The van der Waals surface area contributed by atoms with E-state index in [-0.39, 0.29) is 0 Å². The summed E-state index contributed by atoms with van der Waals surface area (Å²) in [7, 11) is 0. The summed E-state index contributed by atoms with van der Waals surface area (Å²) in [5.41, 5.74) is 5.45. The Labute approximate surface area is 90.9 Å². The van der Waals surface area contributed by atoms with Gasteiger partial charge in [0.15, 0.2) is 0 Å². The number of amidine groups is 1. The lowest BCUT2D eigenvalue weighted by Gasteiger charge is -2.33. The summed E-state index contributed by atoms with van der Waals surface area (Å²) in [5, 5.41) is 11.4. The summed E-state index contributed by atoms with van der Waals surface area (Å²) in [6.45, 7) is 5.63. The van der Waals surface area contributed by atoms with Crippen molar-refractivity contribution in [3.8, 4) is 0 Å². The van der Waals surface area contributed by atoms with E-state index in [1.54, 1.807) is 0 Å². The minimum atomic E-state index is 0.296. The van der Waals surface area contributed by atoms with Crippen molar-refractivity contribution in [3.63, 3.8) is 0 Å². The Morgan fingerprint density at radius 3 is 3.00 bits per heavy atom. The monoisotopic (exact) mass is 215 g/mol. The molecule has 1 atom stereocenters. The molecule has 15 heavy (non-hydrogen) atoms. The van der Waals surface area contributed by atoms with E-state index in [1.807, 2.05) is 0 Å². The summed E-state index contributed by atoms with van der Waals surface area (Å²) in [5.74, 6) is 0.296. The highest BCUT2D eigenvalue weighted by Gasteiger charge is 2.20. The Morgan fingerprint density at radius 2 is 2.47 bits per heavy atom. The van der Waals surface area contributed by atoms with Crippen LogP contribution in [0.1, 0.15) is 26.2 Å². The van der Waals surface area contributed by atoms with E-state index >= 15 is 0 Å². The molecule has 5 heteroatoms. The second kappa shape index (κ2) is 6.63. The maximum atomic E-state index is 8.45. The van der Waals surface area contributed by atoms with Gasteiger partial charge < -0.3 is 15.7 Å². The van der Waals surface area contributed by atoms with Gasteiger partial charge in [-0.2, -0.15) is 0 Å². The molecule has 1 saturated heterocycles. The number of hydrogen-bond acceptors (Lipinski definition) is 4. The van der Waals surface area contributed by atoms with Crippen LogP contribution in [0.2, 0.25) is 0 Å². The number of nitrogens with zero attached hydrogens (tertiary/aromatic N) is 2. The maximum Gasteiger partial charge on any atom is 0.140 e. The topological polar surface area (TPSA) is 71.1 Å². The molecule has 1 fully saturated rings. The highest BCUT2D eigenvalue weighted by molar-refractivity contribution is 5.79.